The zero-order valence-corrected chi connectivity index (χ0v) is 18.1. The summed E-state index contributed by atoms with van der Waals surface area (Å²) in [7, 11) is 1.70. The molecule has 0 unspecified atom stereocenters. The lowest BCUT2D eigenvalue weighted by molar-refractivity contribution is 0.191. The van der Waals surface area contributed by atoms with E-state index in [1.807, 2.05) is 30.5 Å². The molecule has 4 rings (SSSR count). The standard InChI is InChI=1S/C25H30N4O/c1-18(2)17-29-13-9-19(10-14-29)24-23(21-5-4-6-22(15-21)30-3)16-27-25(28-24)20-7-11-26-12-8-20/h4-8,11-12,15-16,18-19H,9-10,13-14,17H2,1-3H3. The topological polar surface area (TPSA) is 51.1 Å². The molecular weight excluding hydrogens is 372 g/mol. The molecule has 1 aromatic carbocycles. The van der Waals surface area contributed by atoms with E-state index in [0.29, 0.717) is 11.8 Å². The summed E-state index contributed by atoms with van der Waals surface area (Å²) in [5.41, 5.74) is 4.36. The first-order valence-corrected chi connectivity index (χ1v) is 10.8. The molecule has 1 aliphatic rings. The predicted octanol–water partition coefficient (Wildman–Crippen LogP) is 5.05. The number of nitrogens with zero attached hydrogens (tertiary/aromatic N) is 4. The van der Waals surface area contributed by atoms with Gasteiger partial charge in [0.05, 0.1) is 12.8 Å². The van der Waals surface area contributed by atoms with Crippen LogP contribution in [-0.4, -0.2) is 46.6 Å². The summed E-state index contributed by atoms with van der Waals surface area (Å²) in [5.74, 6) is 2.75. The summed E-state index contributed by atoms with van der Waals surface area (Å²) in [6.07, 6.45) is 7.80. The number of hydrogen-bond acceptors (Lipinski definition) is 5. The summed E-state index contributed by atoms with van der Waals surface area (Å²) < 4.78 is 5.45. The first kappa shape index (κ1) is 20.5. The molecule has 5 nitrogen and oxygen atoms in total. The monoisotopic (exact) mass is 402 g/mol. The van der Waals surface area contributed by atoms with Gasteiger partial charge in [0.15, 0.2) is 5.82 Å². The fraction of sp³-hybridized carbons (Fsp3) is 0.400. The molecule has 0 bridgehead atoms. The number of pyridine rings is 1. The smallest absolute Gasteiger partial charge is 0.159 e. The Morgan fingerprint density at radius 3 is 2.53 bits per heavy atom. The summed E-state index contributed by atoms with van der Waals surface area (Å²) in [6.45, 7) is 7.99. The maximum atomic E-state index is 5.45. The van der Waals surface area contributed by atoms with Gasteiger partial charge in [-0.15, -0.1) is 0 Å². The molecule has 1 aliphatic heterocycles. The molecular formula is C25H30N4O. The Morgan fingerprint density at radius 1 is 1.07 bits per heavy atom. The highest BCUT2D eigenvalue weighted by atomic mass is 16.5. The van der Waals surface area contributed by atoms with Crippen molar-refractivity contribution in [1.82, 2.24) is 19.9 Å². The zero-order chi connectivity index (χ0) is 20.9. The number of rotatable bonds is 6. The average Bonchev–Trinajstić information content (AvgIpc) is 2.79. The Balaban J connectivity index is 1.70. The summed E-state index contributed by atoms with van der Waals surface area (Å²) in [6, 6.07) is 12.1. The van der Waals surface area contributed by atoms with E-state index >= 15 is 0 Å². The van der Waals surface area contributed by atoms with Crippen LogP contribution in [0.3, 0.4) is 0 Å². The third-order valence-electron chi connectivity index (χ3n) is 5.74. The fourth-order valence-corrected chi connectivity index (χ4v) is 4.26. The Kier molecular flexibility index (Phi) is 6.38. The number of methoxy groups -OCH3 is 1. The summed E-state index contributed by atoms with van der Waals surface area (Å²) in [5, 5.41) is 0. The Hall–Kier alpha value is -2.79. The van der Waals surface area contributed by atoms with Crippen molar-refractivity contribution in [2.75, 3.05) is 26.7 Å². The van der Waals surface area contributed by atoms with E-state index in [1.165, 1.54) is 6.54 Å². The lowest BCUT2D eigenvalue weighted by atomic mass is 9.88. The number of piperidine rings is 1. The van der Waals surface area contributed by atoms with E-state index in [0.717, 1.165) is 59.9 Å². The molecule has 30 heavy (non-hydrogen) atoms. The maximum Gasteiger partial charge on any atom is 0.159 e. The lowest BCUT2D eigenvalue weighted by Crippen LogP contribution is -2.35. The van der Waals surface area contributed by atoms with Crippen LogP contribution in [0.1, 0.15) is 38.3 Å². The number of ether oxygens (including phenoxy) is 1. The van der Waals surface area contributed by atoms with Crippen LogP contribution >= 0.6 is 0 Å². The highest BCUT2D eigenvalue weighted by molar-refractivity contribution is 5.69. The Bertz CT molecular complexity index is 966. The first-order valence-electron chi connectivity index (χ1n) is 10.8. The minimum absolute atomic E-state index is 0.429. The van der Waals surface area contributed by atoms with Gasteiger partial charge in [-0.05, 0) is 61.7 Å². The minimum Gasteiger partial charge on any atom is -0.497 e. The maximum absolute atomic E-state index is 5.45. The van der Waals surface area contributed by atoms with E-state index < -0.39 is 0 Å². The number of hydrogen-bond donors (Lipinski definition) is 0. The Labute approximate surface area is 179 Å². The minimum atomic E-state index is 0.429. The first-order chi connectivity index (χ1) is 14.6. The van der Waals surface area contributed by atoms with Crippen LogP contribution in [0, 0.1) is 5.92 Å². The van der Waals surface area contributed by atoms with Gasteiger partial charge >= 0.3 is 0 Å². The third-order valence-corrected chi connectivity index (χ3v) is 5.74. The van der Waals surface area contributed by atoms with Crippen LogP contribution in [0.4, 0.5) is 0 Å². The largest absolute Gasteiger partial charge is 0.497 e. The molecule has 3 heterocycles. The number of likely N-dealkylation sites (tertiary alicyclic amines) is 1. The van der Waals surface area contributed by atoms with Crippen LogP contribution < -0.4 is 4.74 Å². The van der Waals surface area contributed by atoms with Crippen molar-refractivity contribution in [2.24, 2.45) is 5.92 Å². The molecule has 3 aromatic rings. The predicted molar refractivity (Wildman–Crippen MR) is 121 cm³/mol. The van der Waals surface area contributed by atoms with Crippen molar-refractivity contribution in [3.63, 3.8) is 0 Å². The van der Waals surface area contributed by atoms with E-state index in [4.69, 9.17) is 14.7 Å². The highest BCUT2D eigenvalue weighted by Crippen LogP contribution is 2.36. The molecule has 2 aromatic heterocycles. The van der Waals surface area contributed by atoms with Crippen molar-refractivity contribution in [3.8, 4) is 28.3 Å². The van der Waals surface area contributed by atoms with Gasteiger partial charge in [0, 0.05) is 42.2 Å². The molecule has 0 atom stereocenters. The molecule has 1 saturated heterocycles. The van der Waals surface area contributed by atoms with Crippen LogP contribution in [-0.2, 0) is 0 Å². The normalized spacial score (nSPS) is 15.5. The van der Waals surface area contributed by atoms with Gasteiger partial charge in [-0.3, -0.25) is 4.98 Å². The molecule has 0 spiro atoms. The molecule has 0 amide bonds. The molecule has 156 valence electrons. The fourth-order valence-electron chi connectivity index (χ4n) is 4.26. The van der Waals surface area contributed by atoms with E-state index in [9.17, 15) is 0 Å². The SMILES string of the molecule is COc1cccc(-c2cnc(-c3ccncc3)nc2C2CCN(CC(C)C)CC2)c1. The van der Waals surface area contributed by atoms with Gasteiger partial charge in [-0.25, -0.2) is 9.97 Å². The van der Waals surface area contributed by atoms with Crippen LogP contribution in [0.15, 0.2) is 55.0 Å². The highest BCUT2D eigenvalue weighted by Gasteiger charge is 2.25. The van der Waals surface area contributed by atoms with Crippen LogP contribution in [0.5, 0.6) is 5.75 Å². The Morgan fingerprint density at radius 2 is 1.83 bits per heavy atom. The molecule has 1 fully saturated rings. The number of benzene rings is 1. The van der Waals surface area contributed by atoms with Crippen molar-refractivity contribution in [2.45, 2.75) is 32.6 Å². The van der Waals surface area contributed by atoms with Gasteiger partial charge in [0.1, 0.15) is 5.75 Å². The number of aromatic nitrogens is 3. The molecule has 0 N–H and O–H groups in total. The second-order valence-corrected chi connectivity index (χ2v) is 8.43. The van der Waals surface area contributed by atoms with Crippen LogP contribution in [0.25, 0.3) is 22.5 Å². The van der Waals surface area contributed by atoms with Gasteiger partial charge in [0.2, 0.25) is 0 Å². The average molecular weight is 403 g/mol. The van der Waals surface area contributed by atoms with E-state index in [-0.39, 0.29) is 0 Å². The van der Waals surface area contributed by atoms with Crippen molar-refractivity contribution in [3.05, 3.63) is 60.7 Å². The third kappa shape index (κ3) is 4.68. The molecule has 0 aliphatic carbocycles. The lowest BCUT2D eigenvalue weighted by Gasteiger charge is -2.33. The molecule has 0 saturated carbocycles. The van der Waals surface area contributed by atoms with Gasteiger partial charge in [0.25, 0.3) is 0 Å². The summed E-state index contributed by atoms with van der Waals surface area (Å²) in [4.78, 5) is 16.5. The molecule has 5 heteroatoms. The van der Waals surface area contributed by atoms with Gasteiger partial charge in [-0.2, -0.15) is 0 Å². The van der Waals surface area contributed by atoms with Crippen molar-refractivity contribution < 1.29 is 4.74 Å². The van der Waals surface area contributed by atoms with Gasteiger partial charge < -0.3 is 9.64 Å². The van der Waals surface area contributed by atoms with Crippen molar-refractivity contribution in [1.29, 1.82) is 0 Å². The quantitative estimate of drug-likeness (QED) is 0.577. The second kappa shape index (κ2) is 9.35. The van der Waals surface area contributed by atoms with E-state index in [2.05, 4.69) is 35.9 Å². The van der Waals surface area contributed by atoms with Crippen LogP contribution in [0.2, 0.25) is 0 Å². The van der Waals surface area contributed by atoms with Gasteiger partial charge in [-0.1, -0.05) is 26.0 Å². The summed E-state index contributed by atoms with van der Waals surface area (Å²) >= 11 is 0. The second-order valence-electron chi connectivity index (χ2n) is 8.43. The zero-order valence-electron chi connectivity index (χ0n) is 18.1. The van der Waals surface area contributed by atoms with E-state index in [1.54, 1.807) is 19.5 Å². The van der Waals surface area contributed by atoms with Crippen molar-refractivity contribution >= 4 is 0 Å². The molecule has 0 radical (unpaired) electrons.